The third kappa shape index (κ3) is 5.26. The maximum atomic E-state index is 13.0. The molecule has 1 amide bonds. The van der Waals surface area contributed by atoms with Gasteiger partial charge in [0.05, 0.1) is 24.9 Å². The van der Waals surface area contributed by atoms with Gasteiger partial charge in [-0.05, 0) is 66.7 Å². The van der Waals surface area contributed by atoms with Gasteiger partial charge in [0.25, 0.3) is 0 Å². The molecular weight excluding hydrogens is 494 g/mol. The lowest BCUT2D eigenvalue weighted by molar-refractivity contribution is -0.116. The van der Waals surface area contributed by atoms with Crippen molar-refractivity contribution in [3.05, 3.63) is 108 Å². The van der Waals surface area contributed by atoms with Gasteiger partial charge >= 0.3 is 0 Å². The van der Waals surface area contributed by atoms with Crippen molar-refractivity contribution in [2.45, 2.75) is 31.8 Å². The summed E-state index contributed by atoms with van der Waals surface area (Å²) in [5.41, 5.74) is 4.89. The van der Waals surface area contributed by atoms with Crippen LogP contribution in [0.5, 0.6) is 5.75 Å². The van der Waals surface area contributed by atoms with E-state index in [1.54, 1.807) is 13.3 Å². The molecule has 0 bridgehead atoms. The second-order valence-electron chi connectivity index (χ2n) is 9.13. The maximum absolute atomic E-state index is 13.0. The minimum absolute atomic E-state index is 0.0445. The number of thiocarbonyl (C=S) groups is 1. The Balaban J connectivity index is 1.44. The number of methoxy groups -OCH3 is 1. The minimum atomic E-state index is -0.174. The predicted octanol–water partition coefficient (Wildman–Crippen LogP) is 5.44. The molecule has 0 unspecified atom stereocenters. The van der Waals surface area contributed by atoms with Crippen molar-refractivity contribution in [3.63, 3.8) is 0 Å². The van der Waals surface area contributed by atoms with Crippen molar-refractivity contribution in [3.8, 4) is 11.4 Å². The van der Waals surface area contributed by atoms with Crippen molar-refractivity contribution in [2.75, 3.05) is 19.0 Å². The fraction of sp³-hybridized carbons (Fsp3) is 0.233. The maximum Gasteiger partial charge on any atom is 0.226 e. The fourth-order valence-corrected chi connectivity index (χ4v) is 5.32. The van der Waals surface area contributed by atoms with Crippen LogP contribution in [0.15, 0.2) is 91.3 Å². The smallest absolute Gasteiger partial charge is 0.226 e. The fourth-order valence-electron chi connectivity index (χ4n) is 4.98. The average Bonchev–Trinajstić information content (AvgIpc) is 3.57. The first kappa shape index (κ1) is 25.5. The number of carbonyl (C=O) groups excluding carboxylic acids is 1. The van der Waals surface area contributed by atoms with Crippen LogP contribution in [0, 0.1) is 0 Å². The van der Waals surface area contributed by atoms with E-state index in [0.717, 1.165) is 40.5 Å². The number of pyridine rings is 1. The quantitative estimate of drug-likeness (QED) is 0.284. The van der Waals surface area contributed by atoms with E-state index < -0.39 is 0 Å². The molecule has 2 atom stereocenters. The number of aryl methyl sites for hydroxylation is 1. The number of hydrogen-bond acceptors (Lipinski definition) is 4. The SMILES string of the molecule is CCc1ccccc1NC(=O)CCN1C(=S)N[C@@H](c2ccccn2)[C@@H]1c1cccn1-c1cccc(OC)c1. The average molecular weight is 526 g/mol. The lowest BCUT2D eigenvalue weighted by Crippen LogP contribution is -2.33. The van der Waals surface area contributed by atoms with Crippen molar-refractivity contribution >= 4 is 28.9 Å². The number of amides is 1. The zero-order chi connectivity index (χ0) is 26.5. The molecule has 8 heteroatoms. The number of carbonyl (C=O) groups is 1. The van der Waals surface area contributed by atoms with Crippen molar-refractivity contribution < 1.29 is 9.53 Å². The molecule has 194 valence electrons. The third-order valence-corrected chi connectivity index (χ3v) is 7.22. The highest BCUT2D eigenvalue weighted by atomic mass is 32.1. The molecule has 7 nitrogen and oxygen atoms in total. The molecule has 2 aromatic heterocycles. The van der Waals surface area contributed by atoms with Gasteiger partial charge in [-0.15, -0.1) is 0 Å². The number of hydrogen-bond donors (Lipinski definition) is 2. The first-order valence-electron chi connectivity index (χ1n) is 12.8. The summed E-state index contributed by atoms with van der Waals surface area (Å²) in [5, 5.41) is 7.16. The Morgan fingerprint density at radius 2 is 1.92 bits per heavy atom. The summed E-state index contributed by atoms with van der Waals surface area (Å²) in [4.78, 5) is 19.8. The zero-order valence-corrected chi connectivity index (χ0v) is 22.3. The molecular formula is C30H31N5O2S. The van der Waals surface area contributed by atoms with Gasteiger partial charge in [-0.1, -0.05) is 37.3 Å². The number of nitrogens with one attached hydrogen (secondary N) is 2. The second kappa shape index (κ2) is 11.5. The van der Waals surface area contributed by atoms with Crippen LogP contribution in [0.1, 0.15) is 42.4 Å². The van der Waals surface area contributed by atoms with E-state index >= 15 is 0 Å². The number of aromatic nitrogens is 2. The number of rotatable bonds is 9. The van der Waals surface area contributed by atoms with E-state index in [-0.39, 0.29) is 18.0 Å². The van der Waals surface area contributed by atoms with Crippen molar-refractivity contribution in [1.29, 1.82) is 0 Å². The highest BCUT2D eigenvalue weighted by Gasteiger charge is 2.41. The van der Waals surface area contributed by atoms with Gasteiger partial charge in [-0.25, -0.2) is 0 Å². The van der Waals surface area contributed by atoms with Crippen molar-refractivity contribution in [2.24, 2.45) is 0 Å². The summed E-state index contributed by atoms with van der Waals surface area (Å²) < 4.78 is 7.61. The van der Waals surface area contributed by atoms with Gasteiger partial charge in [-0.3, -0.25) is 9.78 Å². The highest BCUT2D eigenvalue weighted by Crippen LogP contribution is 2.39. The molecule has 2 N–H and O–H groups in total. The van der Waals surface area contributed by atoms with E-state index in [4.69, 9.17) is 17.0 Å². The predicted molar refractivity (Wildman–Crippen MR) is 154 cm³/mol. The summed E-state index contributed by atoms with van der Waals surface area (Å²) in [6.07, 6.45) is 4.98. The largest absolute Gasteiger partial charge is 0.497 e. The Bertz CT molecular complexity index is 1420. The van der Waals surface area contributed by atoms with Gasteiger partial charge in [0.2, 0.25) is 5.91 Å². The molecule has 0 aliphatic carbocycles. The van der Waals surface area contributed by atoms with E-state index in [1.165, 1.54) is 0 Å². The van der Waals surface area contributed by atoms with Gasteiger partial charge in [0.15, 0.2) is 5.11 Å². The first-order chi connectivity index (χ1) is 18.6. The summed E-state index contributed by atoms with van der Waals surface area (Å²) in [6, 6.07) is 25.5. The van der Waals surface area contributed by atoms with Gasteiger partial charge in [0, 0.05) is 48.5 Å². The lowest BCUT2D eigenvalue weighted by Gasteiger charge is -2.29. The second-order valence-corrected chi connectivity index (χ2v) is 9.52. The Morgan fingerprint density at radius 1 is 1.08 bits per heavy atom. The van der Waals surface area contributed by atoms with Crippen LogP contribution in [0.4, 0.5) is 5.69 Å². The number of ether oxygens (including phenoxy) is 1. The summed E-state index contributed by atoms with van der Waals surface area (Å²) in [5.74, 6) is 0.737. The number of anilines is 1. The van der Waals surface area contributed by atoms with Crippen LogP contribution < -0.4 is 15.4 Å². The normalized spacial score (nSPS) is 16.8. The summed E-state index contributed by atoms with van der Waals surface area (Å²) >= 11 is 5.82. The molecule has 0 radical (unpaired) electrons. The molecule has 5 rings (SSSR count). The van der Waals surface area contributed by atoms with Crippen LogP contribution in [0.3, 0.4) is 0 Å². The molecule has 1 aliphatic heterocycles. The van der Waals surface area contributed by atoms with E-state index in [9.17, 15) is 4.79 Å². The Kier molecular flexibility index (Phi) is 7.70. The molecule has 3 heterocycles. The third-order valence-electron chi connectivity index (χ3n) is 6.86. The highest BCUT2D eigenvalue weighted by molar-refractivity contribution is 7.80. The molecule has 4 aromatic rings. The number of para-hydroxylation sites is 1. The Hall–Kier alpha value is -4.17. The molecule has 1 fully saturated rings. The molecule has 0 saturated carbocycles. The standard InChI is InChI=1S/C30H31N5O2S/c1-3-21-10-4-5-13-24(21)32-27(36)16-19-35-29(28(33-30(35)38)25-14-6-7-17-31-25)26-15-9-18-34(26)22-11-8-12-23(20-22)37-2/h4-15,17-18,20,28-29H,3,16,19H2,1-2H3,(H,32,36)(H,33,38)/t28-,29-/m0/s1. The van der Waals surface area contributed by atoms with E-state index in [1.807, 2.05) is 79.0 Å². The van der Waals surface area contributed by atoms with Crippen LogP contribution in [0.25, 0.3) is 5.69 Å². The Morgan fingerprint density at radius 3 is 2.71 bits per heavy atom. The van der Waals surface area contributed by atoms with Crippen LogP contribution in [-0.4, -0.2) is 39.1 Å². The number of nitrogens with zero attached hydrogens (tertiary/aromatic N) is 3. The summed E-state index contributed by atoms with van der Waals surface area (Å²) in [6.45, 7) is 2.54. The van der Waals surface area contributed by atoms with Crippen LogP contribution in [-0.2, 0) is 11.2 Å². The van der Waals surface area contributed by atoms with Crippen LogP contribution >= 0.6 is 12.2 Å². The van der Waals surface area contributed by atoms with Crippen molar-refractivity contribution in [1.82, 2.24) is 19.8 Å². The number of benzene rings is 2. The minimum Gasteiger partial charge on any atom is -0.497 e. The molecule has 1 aliphatic rings. The lowest BCUT2D eigenvalue weighted by atomic mass is 10.0. The molecule has 38 heavy (non-hydrogen) atoms. The Labute approximate surface area is 228 Å². The van der Waals surface area contributed by atoms with E-state index in [0.29, 0.717) is 18.1 Å². The summed E-state index contributed by atoms with van der Waals surface area (Å²) in [7, 11) is 1.66. The van der Waals surface area contributed by atoms with E-state index in [2.05, 4.69) is 38.1 Å². The first-order valence-corrected chi connectivity index (χ1v) is 13.2. The van der Waals surface area contributed by atoms with Crippen LogP contribution in [0.2, 0.25) is 0 Å². The topological polar surface area (TPSA) is 71.4 Å². The van der Waals surface area contributed by atoms with Gasteiger partial charge < -0.3 is 24.8 Å². The van der Waals surface area contributed by atoms with Gasteiger partial charge in [0.1, 0.15) is 5.75 Å². The zero-order valence-electron chi connectivity index (χ0n) is 21.5. The van der Waals surface area contributed by atoms with Gasteiger partial charge in [-0.2, -0.15) is 0 Å². The molecule has 2 aromatic carbocycles. The molecule has 0 spiro atoms. The monoisotopic (exact) mass is 525 g/mol. The molecule has 1 saturated heterocycles.